The molecule has 0 aliphatic carbocycles. The fourth-order valence-corrected chi connectivity index (χ4v) is 2.08. The lowest BCUT2D eigenvalue weighted by Crippen LogP contribution is -2.07. The molecule has 0 unspecified atom stereocenters. The van der Waals surface area contributed by atoms with Crippen LogP contribution in [0, 0.1) is 18.6 Å². The van der Waals surface area contributed by atoms with E-state index in [4.69, 9.17) is 0 Å². The summed E-state index contributed by atoms with van der Waals surface area (Å²) in [5.74, 6) is -2.71. The predicted molar refractivity (Wildman–Crippen MR) is 74.1 cm³/mol. The minimum atomic E-state index is -1.13. The highest BCUT2D eigenvalue weighted by atomic mass is 19.2. The quantitative estimate of drug-likeness (QED) is 0.677. The van der Waals surface area contributed by atoms with Crippen LogP contribution < -0.4 is 0 Å². The Morgan fingerprint density at radius 1 is 0.952 bits per heavy atom. The van der Waals surface area contributed by atoms with Gasteiger partial charge < -0.3 is 0 Å². The van der Waals surface area contributed by atoms with E-state index in [-0.39, 0.29) is 16.7 Å². The molecule has 0 spiro atoms. The van der Waals surface area contributed by atoms with Crippen molar-refractivity contribution in [2.45, 2.75) is 6.92 Å². The van der Waals surface area contributed by atoms with E-state index in [0.29, 0.717) is 11.0 Å². The molecular weight excluding hydrogens is 274 g/mol. The Hall–Kier alpha value is -2.69. The van der Waals surface area contributed by atoms with Crippen LogP contribution in [0.3, 0.4) is 0 Å². The van der Waals surface area contributed by atoms with Crippen LogP contribution in [0.5, 0.6) is 0 Å². The topological polar surface area (TPSA) is 42.9 Å². The molecule has 1 aromatic heterocycles. The zero-order chi connectivity index (χ0) is 15.0. The molecule has 0 bridgehead atoms. The normalized spacial score (nSPS) is 10.8. The molecule has 0 saturated heterocycles. The molecule has 0 aliphatic rings. The molecule has 104 valence electrons. The highest BCUT2D eigenvalue weighted by Crippen LogP contribution is 2.20. The van der Waals surface area contributed by atoms with Crippen molar-refractivity contribution in [2.24, 2.45) is 0 Å². The van der Waals surface area contributed by atoms with Crippen LogP contribution in [0.2, 0.25) is 0 Å². The molecule has 3 aromatic rings. The second-order valence-corrected chi connectivity index (χ2v) is 4.65. The monoisotopic (exact) mass is 284 g/mol. The molecule has 0 amide bonds. The summed E-state index contributed by atoms with van der Waals surface area (Å²) >= 11 is 0. The van der Waals surface area contributed by atoms with Crippen LogP contribution in [0.4, 0.5) is 8.78 Å². The average molecular weight is 284 g/mol. The molecule has 0 radical (unpaired) electrons. The van der Waals surface area contributed by atoms with Crippen molar-refractivity contribution in [2.75, 3.05) is 0 Å². The predicted octanol–water partition coefficient (Wildman–Crippen LogP) is 3.45. The van der Waals surface area contributed by atoms with Crippen LogP contribution in [0.15, 0.2) is 42.7 Å². The van der Waals surface area contributed by atoms with Crippen LogP contribution in [-0.4, -0.2) is 15.8 Å². The maximum atomic E-state index is 13.9. The molecule has 0 atom stereocenters. The molecule has 0 saturated carbocycles. The molecule has 0 aliphatic heterocycles. The van der Waals surface area contributed by atoms with Crippen molar-refractivity contribution in [3.05, 3.63) is 71.1 Å². The summed E-state index contributed by atoms with van der Waals surface area (Å²) in [5.41, 5.74) is 1.26. The molecule has 3 nitrogen and oxygen atoms in total. The molecule has 21 heavy (non-hydrogen) atoms. The summed E-state index contributed by atoms with van der Waals surface area (Å²) in [7, 11) is 0. The molecule has 5 heteroatoms. The molecule has 0 fully saturated rings. The van der Waals surface area contributed by atoms with Gasteiger partial charge in [0.1, 0.15) is 0 Å². The summed E-state index contributed by atoms with van der Waals surface area (Å²) in [6.45, 7) is 1.44. The first-order chi connectivity index (χ1) is 10.1. The second-order valence-electron chi connectivity index (χ2n) is 4.65. The standard InChI is InChI=1S/C16H10F2N2O/c1-9-2-4-11(15(18)14(9)17)16(21)10-3-5-12-13(8-10)20-7-6-19-12/h2-8H,1H3. The largest absolute Gasteiger partial charge is 0.288 e. The van der Waals surface area contributed by atoms with Crippen molar-refractivity contribution >= 4 is 16.8 Å². The van der Waals surface area contributed by atoms with Gasteiger partial charge in [-0.25, -0.2) is 8.78 Å². The third-order valence-corrected chi connectivity index (χ3v) is 3.25. The fraction of sp³-hybridized carbons (Fsp3) is 0.0625. The number of benzene rings is 2. The van der Waals surface area contributed by atoms with Crippen molar-refractivity contribution in [1.29, 1.82) is 0 Å². The van der Waals surface area contributed by atoms with Gasteiger partial charge in [0, 0.05) is 18.0 Å². The van der Waals surface area contributed by atoms with Crippen LogP contribution in [0.1, 0.15) is 21.5 Å². The lowest BCUT2D eigenvalue weighted by atomic mass is 10.0. The van der Waals surface area contributed by atoms with E-state index in [1.807, 2.05) is 0 Å². The van der Waals surface area contributed by atoms with E-state index in [1.54, 1.807) is 12.3 Å². The Morgan fingerprint density at radius 3 is 2.43 bits per heavy atom. The summed E-state index contributed by atoms with van der Waals surface area (Å²) in [6, 6.07) is 7.33. The van der Waals surface area contributed by atoms with E-state index in [1.165, 1.54) is 37.4 Å². The smallest absolute Gasteiger partial charge is 0.196 e. The zero-order valence-electron chi connectivity index (χ0n) is 11.1. The highest BCUT2D eigenvalue weighted by Gasteiger charge is 2.18. The molecular formula is C16H10F2N2O. The van der Waals surface area contributed by atoms with Crippen molar-refractivity contribution in [3.8, 4) is 0 Å². The van der Waals surface area contributed by atoms with Crippen LogP contribution >= 0.6 is 0 Å². The first-order valence-corrected chi connectivity index (χ1v) is 6.28. The first-order valence-electron chi connectivity index (χ1n) is 6.28. The van der Waals surface area contributed by atoms with Crippen molar-refractivity contribution < 1.29 is 13.6 Å². The van der Waals surface area contributed by atoms with Gasteiger partial charge in [0.2, 0.25) is 0 Å². The highest BCUT2D eigenvalue weighted by molar-refractivity contribution is 6.10. The van der Waals surface area contributed by atoms with Gasteiger partial charge in [0.05, 0.1) is 16.6 Å². The van der Waals surface area contributed by atoms with Gasteiger partial charge in [0.25, 0.3) is 0 Å². The Balaban J connectivity index is 2.10. The molecule has 2 aromatic carbocycles. The van der Waals surface area contributed by atoms with Gasteiger partial charge in [0.15, 0.2) is 17.4 Å². The first kappa shape index (κ1) is 13.3. The summed E-state index contributed by atoms with van der Waals surface area (Å²) in [4.78, 5) is 20.5. The third kappa shape index (κ3) is 2.27. The SMILES string of the molecule is Cc1ccc(C(=O)c2ccc3nccnc3c2)c(F)c1F. The number of carbonyl (C=O) groups excluding carboxylic acids is 1. The number of ketones is 1. The number of nitrogens with zero attached hydrogens (tertiary/aromatic N) is 2. The van der Waals surface area contributed by atoms with Gasteiger partial charge >= 0.3 is 0 Å². The van der Waals surface area contributed by atoms with Crippen molar-refractivity contribution in [3.63, 3.8) is 0 Å². The Labute approximate surface area is 119 Å². The van der Waals surface area contributed by atoms with E-state index in [0.717, 1.165) is 0 Å². The minimum absolute atomic E-state index is 0.161. The summed E-state index contributed by atoms with van der Waals surface area (Å²) in [6.07, 6.45) is 3.04. The lowest BCUT2D eigenvalue weighted by Gasteiger charge is -2.06. The van der Waals surface area contributed by atoms with Gasteiger partial charge in [-0.3, -0.25) is 14.8 Å². The van der Waals surface area contributed by atoms with E-state index < -0.39 is 17.4 Å². The number of rotatable bonds is 2. The average Bonchev–Trinajstić information content (AvgIpc) is 2.52. The Bertz CT molecular complexity index is 862. The van der Waals surface area contributed by atoms with Gasteiger partial charge in [-0.1, -0.05) is 6.07 Å². The van der Waals surface area contributed by atoms with E-state index in [9.17, 15) is 13.6 Å². The maximum absolute atomic E-state index is 13.9. The summed E-state index contributed by atoms with van der Waals surface area (Å²) in [5, 5.41) is 0. The Kier molecular flexibility index (Phi) is 3.17. The number of fused-ring (bicyclic) bond motifs is 1. The van der Waals surface area contributed by atoms with Gasteiger partial charge in [-0.2, -0.15) is 0 Å². The molecule has 0 N–H and O–H groups in total. The van der Waals surface area contributed by atoms with Gasteiger partial charge in [-0.15, -0.1) is 0 Å². The second kappa shape index (κ2) is 5.01. The number of carbonyl (C=O) groups is 1. The van der Waals surface area contributed by atoms with Crippen LogP contribution in [0.25, 0.3) is 11.0 Å². The minimum Gasteiger partial charge on any atom is -0.288 e. The molecule has 3 rings (SSSR count). The Morgan fingerprint density at radius 2 is 1.67 bits per heavy atom. The van der Waals surface area contributed by atoms with Gasteiger partial charge in [-0.05, 0) is 36.8 Å². The number of aromatic nitrogens is 2. The number of hydrogen-bond donors (Lipinski definition) is 0. The zero-order valence-corrected chi connectivity index (χ0v) is 11.1. The van der Waals surface area contributed by atoms with E-state index >= 15 is 0 Å². The molecule has 1 heterocycles. The summed E-state index contributed by atoms with van der Waals surface area (Å²) < 4.78 is 27.5. The fourth-order valence-electron chi connectivity index (χ4n) is 2.08. The number of aryl methyl sites for hydroxylation is 1. The third-order valence-electron chi connectivity index (χ3n) is 3.25. The number of halogens is 2. The lowest BCUT2D eigenvalue weighted by molar-refractivity contribution is 0.103. The number of hydrogen-bond acceptors (Lipinski definition) is 3. The maximum Gasteiger partial charge on any atom is 0.196 e. The van der Waals surface area contributed by atoms with Crippen molar-refractivity contribution in [1.82, 2.24) is 9.97 Å². The van der Waals surface area contributed by atoms with E-state index in [2.05, 4.69) is 9.97 Å². The van der Waals surface area contributed by atoms with Crippen LogP contribution in [-0.2, 0) is 0 Å².